The Hall–Kier alpha value is -1.33. The molecule has 2 N–H and O–H groups in total. The van der Waals surface area contributed by atoms with Gasteiger partial charge in [-0.15, -0.1) is 0 Å². The lowest BCUT2D eigenvalue weighted by Gasteiger charge is -2.12. The molecule has 1 aromatic rings. The summed E-state index contributed by atoms with van der Waals surface area (Å²) in [6.45, 7) is 0.0578. The van der Waals surface area contributed by atoms with Crippen molar-refractivity contribution in [2.45, 2.75) is 12.2 Å². The number of rotatable bonds is 6. The third-order valence-electron chi connectivity index (χ3n) is 2.16. The van der Waals surface area contributed by atoms with Gasteiger partial charge in [0.05, 0.1) is 19.7 Å². The minimum Gasteiger partial charge on any atom is -0.469 e. The van der Waals surface area contributed by atoms with Gasteiger partial charge < -0.3 is 15.1 Å². The summed E-state index contributed by atoms with van der Waals surface area (Å²) in [5, 5.41) is 0. The highest BCUT2D eigenvalue weighted by Gasteiger charge is 2.21. The first-order chi connectivity index (χ1) is 7.77. The molecule has 1 atom stereocenters. The zero-order valence-corrected chi connectivity index (χ0v) is 9.26. The second-order valence-electron chi connectivity index (χ2n) is 3.29. The lowest BCUT2D eigenvalue weighted by molar-refractivity contribution is -0.140. The van der Waals surface area contributed by atoms with E-state index in [-0.39, 0.29) is 12.7 Å². The maximum absolute atomic E-state index is 11.4. The van der Waals surface area contributed by atoms with Crippen LogP contribution in [0.4, 0.5) is 0 Å². The highest BCUT2D eigenvalue weighted by atomic mass is 16.5. The Kier molecular flexibility index (Phi) is 5.60. The lowest BCUT2D eigenvalue weighted by Crippen LogP contribution is -2.23. The normalized spacial score (nSPS) is 11.9. The summed E-state index contributed by atoms with van der Waals surface area (Å²) in [6.07, 6.45) is 0.549. The number of carbonyl (C=O) groups excluding carboxylic acids is 1. The number of hydrogen-bond acceptors (Lipinski definition) is 4. The van der Waals surface area contributed by atoms with Crippen LogP contribution in [0.1, 0.15) is 5.56 Å². The van der Waals surface area contributed by atoms with Gasteiger partial charge in [0.2, 0.25) is 0 Å². The molecule has 0 saturated heterocycles. The minimum atomic E-state index is -0.420. The van der Waals surface area contributed by atoms with Crippen LogP contribution in [0, 0.1) is 0 Å². The van der Waals surface area contributed by atoms with Gasteiger partial charge in [0, 0.05) is 0 Å². The van der Waals surface area contributed by atoms with E-state index in [0.29, 0.717) is 6.42 Å². The second kappa shape index (κ2) is 7.03. The van der Waals surface area contributed by atoms with Gasteiger partial charge in [0.25, 0.3) is 0 Å². The van der Waals surface area contributed by atoms with E-state index in [1.165, 1.54) is 14.6 Å². The summed E-state index contributed by atoms with van der Waals surface area (Å²) in [4.78, 5) is 11.4. The molecule has 0 heterocycles. The SMILES string of the molecule is COC(=O)C([B]OCN)Cc1ccccc1. The van der Waals surface area contributed by atoms with Gasteiger partial charge in [-0.2, -0.15) is 0 Å². The topological polar surface area (TPSA) is 61.5 Å². The van der Waals surface area contributed by atoms with Crippen molar-refractivity contribution in [2.24, 2.45) is 5.73 Å². The smallest absolute Gasteiger partial charge is 0.309 e. The van der Waals surface area contributed by atoms with E-state index in [0.717, 1.165) is 5.56 Å². The average molecular weight is 220 g/mol. The predicted octanol–water partition coefficient (Wildman–Crippen LogP) is 0.743. The maximum Gasteiger partial charge on any atom is 0.309 e. The zero-order valence-electron chi connectivity index (χ0n) is 9.26. The van der Waals surface area contributed by atoms with Crippen LogP contribution in [0.15, 0.2) is 30.3 Å². The van der Waals surface area contributed by atoms with Crippen molar-refractivity contribution in [1.82, 2.24) is 0 Å². The van der Waals surface area contributed by atoms with Crippen LogP contribution < -0.4 is 5.73 Å². The number of hydrogen-bond donors (Lipinski definition) is 1. The van der Waals surface area contributed by atoms with Crippen LogP contribution >= 0.6 is 0 Å². The number of carbonyl (C=O) groups is 1. The summed E-state index contributed by atoms with van der Waals surface area (Å²) in [7, 11) is 2.79. The molecule has 0 aliphatic rings. The number of benzene rings is 1. The van der Waals surface area contributed by atoms with Gasteiger partial charge in [0.1, 0.15) is 0 Å². The van der Waals surface area contributed by atoms with Crippen molar-refractivity contribution in [2.75, 3.05) is 13.8 Å². The van der Waals surface area contributed by atoms with E-state index in [1.54, 1.807) is 0 Å². The van der Waals surface area contributed by atoms with Gasteiger partial charge in [-0.05, 0) is 12.0 Å². The first kappa shape index (κ1) is 12.7. The molecule has 85 valence electrons. The second-order valence-corrected chi connectivity index (χ2v) is 3.29. The summed E-state index contributed by atoms with van der Waals surface area (Å²) in [5.41, 5.74) is 6.26. The van der Waals surface area contributed by atoms with Crippen LogP contribution in [0.5, 0.6) is 0 Å². The quantitative estimate of drug-likeness (QED) is 0.436. The third-order valence-corrected chi connectivity index (χ3v) is 2.16. The molecule has 0 aliphatic heterocycles. The lowest BCUT2D eigenvalue weighted by atomic mass is 9.76. The zero-order chi connectivity index (χ0) is 11.8. The largest absolute Gasteiger partial charge is 0.469 e. The van der Waals surface area contributed by atoms with Crippen LogP contribution in [0.25, 0.3) is 0 Å². The summed E-state index contributed by atoms with van der Waals surface area (Å²) >= 11 is 0. The van der Waals surface area contributed by atoms with Gasteiger partial charge in [0.15, 0.2) is 0 Å². The molecular weight excluding hydrogens is 205 g/mol. The third kappa shape index (κ3) is 4.04. The standard InChI is InChI=1S/C11H15BNO3/c1-15-11(14)10(12-16-8-13)7-9-5-3-2-4-6-9/h2-6,10H,7-8,13H2,1H3. The Balaban J connectivity index is 2.59. The molecule has 16 heavy (non-hydrogen) atoms. The van der Waals surface area contributed by atoms with Crippen molar-refractivity contribution in [1.29, 1.82) is 0 Å². The Morgan fingerprint density at radius 2 is 2.12 bits per heavy atom. The summed E-state index contributed by atoms with van der Waals surface area (Å²) in [6, 6.07) is 9.68. The van der Waals surface area contributed by atoms with E-state index < -0.39 is 5.82 Å². The van der Waals surface area contributed by atoms with E-state index in [1.807, 2.05) is 30.3 Å². The van der Waals surface area contributed by atoms with E-state index in [9.17, 15) is 4.79 Å². The molecule has 0 spiro atoms. The molecule has 0 fully saturated rings. The Morgan fingerprint density at radius 1 is 1.44 bits per heavy atom. The summed E-state index contributed by atoms with van der Waals surface area (Å²) < 4.78 is 9.63. The summed E-state index contributed by atoms with van der Waals surface area (Å²) in [5.74, 6) is -0.742. The van der Waals surface area contributed by atoms with Crippen molar-refractivity contribution in [3.63, 3.8) is 0 Å². The van der Waals surface area contributed by atoms with E-state index in [2.05, 4.69) is 0 Å². The fourth-order valence-corrected chi connectivity index (χ4v) is 1.38. The Labute approximate surface area is 96.0 Å². The molecule has 1 radical (unpaired) electrons. The molecule has 1 aromatic carbocycles. The number of methoxy groups -OCH3 is 1. The van der Waals surface area contributed by atoms with Crippen molar-refractivity contribution >= 4 is 13.5 Å². The molecule has 0 aliphatic carbocycles. The molecule has 0 amide bonds. The molecule has 1 unspecified atom stereocenters. The van der Waals surface area contributed by atoms with Crippen LogP contribution in [-0.4, -0.2) is 27.3 Å². The van der Waals surface area contributed by atoms with Gasteiger partial charge in [-0.3, -0.25) is 4.79 Å². The Morgan fingerprint density at radius 3 is 2.69 bits per heavy atom. The van der Waals surface area contributed by atoms with Crippen molar-refractivity contribution in [3.05, 3.63) is 35.9 Å². The maximum atomic E-state index is 11.4. The molecule has 1 rings (SSSR count). The van der Waals surface area contributed by atoms with Gasteiger partial charge in [-0.25, -0.2) is 0 Å². The van der Waals surface area contributed by atoms with E-state index >= 15 is 0 Å². The molecule has 0 aromatic heterocycles. The van der Waals surface area contributed by atoms with Crippen LogP contribution in [-0.2, 0) is 20.6 Å². The molecule has 5 heteroatoms. The first-order valence-corrected chi connectivity index (χ1v) is 5.04. The molecular formula is C11H15BNO3. The fourth-order valence-electron chi connectivity index (χ4n) is 1.38. The first-order valence-electron chi connectivity index (χ1n) is 5.04. The van der Waals surface area contributed by atoms with Crippen LogP contribution in [0.2, 0.25) is 5.82 Å². The van der Waals surface area contributed by atoms with E-state index in [4.69, 9.17) is 15.1 Å². The minimum absolute atomic E-state index is 0.0578. The van der Waals surface area contributed by atoms with Crippen molar-refractivity contribution in [3.8, 4) is 0 Å². The number of ether oxygens (including phenoxy) is 1. The highest BCUT2D eigenvalue weighted by molar-refractivity contribution is 6.36. The van der Waals surface area contributed by atoms with Crippen molar-refractivity contribution < 1.29 is 14.2 Å². The number of nitrogens with two attached hydrogens (primary N) is 1. The highest BCUT2D eigenvalue weighted by Crippen LogP contribution is 2.14. The fraction of sp³-hybridized carbons (Fsp3) is 0.364. The monoisotopic (exact) mass is 220 g/mol. The Bertz CT molecular complexity index is 318. The van der Waals surface area contributed by atoms with Gasteiger partial charge >= 0.3 is 13.5 Å². The molecule has 0 saturated carbocycles. The molecule has 0 bridgehead atoms. The predicted molar refractivity (Wildman–Crippen MR) is 61.8 cm³/mol. The molecule has 4 nitrogen and oxygen atoms in total. The van der Waals surface area contributed by atoms with Crippen LogP contribution in [0.3, 0.4) is 0 Å². The average Bonchev–Trinajstić information content (AvgIpc) is 2.34. The number of esters is 1. The van der Waals surface area contributed by atoms with Gasteiger partial charge in [-0.1, -0.05) is 30.3 Å².